The second-order valence-electron chi connectivity index (χ2n) is 3.51. The van der Waals surface area contributed by atoms with E-state index in [1.807, 2.05) is 31.4 Å². The van der Waals surface area contributed by atoms with Crippen LogP contribution < -0.4 is 5.32 Å². The monoisotopic (exact) mass is 301 g/mol. The molecule has 0 fully saturated rings. The van der Waals surface area contributed by atoms with Crippen LogP contribution in [-0.4, -0.2) is 24.0 Å². The van der Waals surface area contributed by atoms with Gasteiger partial charge in [0, 0.05) is 11.0 Å². The highest BCUT2D eigenvalue weighted by molar-refractivity contribution is 9.10. The van der Waals surface area contributed by atoms with Gasteiger partial charge < -0.3 is 5.32 Å². The van der Waals surface area contributed by atoms with Crippen LogP contribution in [0.3, 0.4) is 0 Å². The predicted molar refractivity (Wildman–Crippen MR) is 73.8 cm³/mol. The molecule has 1 amide bonds. The zero-order valence-electron chi connectivity index (χ0n) is 9.50. The normalized spacial score (nSPS) is 12.2. The molecule has 2 nitrogen and oxygen atoms in total. The number of rotatable bonds is 5. The van der Waals surface area contributed by atoms with Crippen molar-refractivity contribution in [2.75, 3.05) is 12.8 Å². The number of hydrogen-bond donors (Lipinski definition) is 1. The van der Waals surface area contributed by atoms with Crippen molar-refractivity contribution in [1.82, 2.24) is 5.32 Å². The van der Waals surface area contributed by atoms with Crippen LogP contribution in [0, 0.1) is 0 Å². The summed E-state index contributed by atoms with van der Waals surface area (Å²) < 4.78 is 1.10. The molecule has 1 aromatic carbocycles. The third-order valence-corrected chi connectivity index (χ3v) is 4.07. The van der Waals surface area contributed by atoms with Crippen molar-refractivity contribution in [3.05, 3.63) is 34.3 Å². The van der Waals surface area contributed by atoms with Crippen molar-refractivity contribution in [3.63, 3.8) is 0 Å². The van der Waals surface area contributed by atoms with Crippen molar-refractivity contribution < 1.29 is 4.79 Å². The molecule has 0 aromatic heterocycles. The molecule has 16 heavy (non-hydrogen) atoms. The van der Waals surface area contributed by atoms with Crippen LogP contribution in [0.2, 0.25) is 0 Å². The molecular weight excluding hydrogens is 286 g/mol. The molecule has 0 heterocycles. The van der Waals surface area contributed by atoms with E-state index in [1.54, 1.807) is 11.8 Å². The molecule has 88 valence electrons. The average molecular weight is 302 g/mol. The standard InChI is InChI=1S/C12H16BrNOS/c1-9(16-2)12(15)14-8-7-10-5-3-4-6-11(10)13/h3-6,9H,7-8H2,1-2H3,(H,14,15)/t9-/m1/s1. The lowest BCUT2D eigenvalue weighted by atomic mass is 10.1. The summed E-state index contributed by atoms with van der Waals surface area (Å²) in [5.41, 5.74) is 1.22. The highest BCUT2D eigenvalue weighted by Crippen LogP contribution is 2.15. The summed E-state index contributed by atoms with van der Waals surface area (Å²) in [5.74, 6) is 0.111. The Balaban J connectivity index is 2.36. The van der Waals surface area contributed by atoms with Gasteiger partial charge in [-0.25, -0.2) is 0 Å². The van der Waals surface area contributed by atoms with E-state index < -0.39 is 0 Å². The molecule has 0 spiro atoms. The second kappa shape index (κ2) is 6.97. The molecule has 1 atom stereocenters. The summed E-state index contributed by atoms with van der Waals surface area (Å²) in [5, 5.41) is 2.96. The van der Waals surface area contributed by atoms with Gasteiger partial charge in [-0.1, -0.05) is 34.1 Å². The molecule has 1 aromatic rings. The van der Waals surface area contributed by atoms with Gasteiger partial charge in [0.15, 0.2) is 0 Å². The number of nitrogens with one attached hydrogen (secondary N) is 1. The van der Waals surface area contributed by atoms with E-state index >= 15 is 0 Å². The predicted octanol–water partition coefficient (Wildman–Crippen LogP) is 2.86. The molecule has 1 rings (SSSR count). The minimum absolute atomic E-state index is 0.0271. The highest BCUT2D eigenvalue weighted by Gasteiger charge is 2.09. The lowest BCUT2D eigenvalue weighted by molar-refractivity contribution is -0.120. The molecule has 0 unspecified atom stereocenters. The van der Waals surface area contributed by atoms with E-state index in [-0.39, 0.29) is 11.2 Å². The number of amides is 1. The Bertz CT molecular complexity index is 357. The summed E-state index contributed by atoms with van der Waals surface area (Å²) in [6.45, 7) is 2.60. The molecule has 4 heteroatoms. The first-order valence-corrected chi connectivity index (χ1v) is 7.27. The lowest BCUT2D eigenvalue weighted by Crippen LogP contribution is -2.32. The van der Waals surface area contributed by atoms with E-state index in [2.05, 4.69) is 27.3 Å². The van der Waals surface area contributed by atoms with Crippen LogP contribution >= 0.6 is 27.7 Å². The molecule has 0 radical (unpaired) electrons. The first kappa shape index (κ1) is 13.6. The second-order valence-corrected chi connectivity index (χ2v) is 5.54. The Morgan fingerprint density at radius 2 is 2.19 bits per heavy atom. The third-order valence-electron chi connectivity index (χ3n) is 2.37. The van der Waals surface area contributed by atoms with Gasteiger partial charge in [0.2, 0.25) is 5.91 Å². The summed E-state index contributed by atoms with van der Waals surface area (Å²) in [6.07, 6.45) is 2.80. The maximum Gasteiger partial charge on any atom is 0.232 e. The van der Waals surface area contributed by atoms with Crippen molar-refractivity contribution in [1.29, 1.82) is 0 Å². The molecule has 0 saturated heterocycles. The number of hydrogen-bond acceptors (Lipinski definition) is 2. The summed E-state index contributed by atoms with van der Waals surface area (Å²) in [6, 6.07) is 8.07. The number of halogens is 1. The van der Waals surface area contributed by atoms with Gasteiger partial charge in [0.25, 0.3) is 0 Å². The van der Waals surface area contributed by atoms with Crippen LogP contribution in [0.1, 0.15) is 12.5 Å². The smallest absolute Gasteiger partial charge is 0.232 e. The van der Waals surface area contributed by atoms with Crippen LogP contribution in [-0.2, 0) is 11.2 Å². The topological polar surface area (TPSA) is 29.1 Å². The first-order chi connectivity index (χ1) is 7.65. The quantitative estimate of drug-likeness (QED) is 0.906. The fourth-order valence-corrected chi connectivity index (χ4v) is 2.05. The average Bonchev–Trinajstić information content (AvgIpc) is 2.30. The largest absolute Gasteiger partial charge is 0.355 e. The Labute approximate surface area is 109 Å². The fourth-order valence-electron chi connectivity index (χ4n) is 1.27. The lowest BCUT2D eigenvalue weighted by Gasteiger charge is -2.10. The molecule has 0 bridgehead atoms. The van der Waals surface area contributed by atoms with Gasteiger partial charge in [-0.3, -0.25) is 4.79 Å². The van der Waals surface area contributed by atoms with E-state index in [9.17, 15) is 4.79 Å². The van der Waals surface area contributed by atoms with Gasteiger partial charge in [-0.15, -0.1) is 0 Å². The van der Waals surface area contributed by atoms with Crippen LogP contribution in [0.4, 0.5) is 0 Å². The Morgan fingerprint density at radius 1 is 1.50 bits per heavy atom. The molecular formula is C12H16BrNOS. The molecule has 0 aliphatic rings. The molecule has 0 saturated carbocycles. The van der Waals surface area contributed by atoms with Gasteiger partial charge in [0.1, 0.15) is 0 Å². The van der Waals surface area contributed by atoms with E-state index in [1.165, 1.54) is 5.56 Å². The van der Waals surface area contributed by atoms with Gasteiger partial charge >= 0.3 is 0 Å². The minimum atomic E-state index is 0.0271. The summed E-state index contributed by atoms with van der Waals surface area (Å²) in [7, 11) is 0. The van der Waals surface area contributed by atoms with Gasteiger partial charge in [-0.05, 0) is 31.2 Å². The van der Waals surface area contributed by atoms with Crippen molar-refractivity contribution >= 4 is 33.6 Å². The highest BCUT2D eigenvalue weighted by atomic mass is 79.9. The van der Waals surface area contributed by atoms with Crippen LogP contribution in [0.15, 0.2) is 28.7 Å². The number of carbonyl (C=O) groups is 1. The SMILES string of the molecule is CS[C@H](C)C(=O)NCCc1ccccc1Br. The maximum atomic E-state index is 11.5. The van der Waals surface area contributed by atoms with Crippen molar-refractivity contribution in [3.8, 4) is 0 Å². The van der Waals surface area contributed by atoms with Gasteiger partial charge in [0.05, 0.1) is 5.25 Å². The third kappa shape index (κ3) is 4.18. The zero-order valence-corrected chi connectivity index (χ0v) is 11.9. The van der Waals surface area contributed by atoms with E-state index in [0.29, 0.717) is 6.54 Å². The minimum Gasteiger partial charge on any atom is -0.355 e. The maximum absolute atomic E-state index is 11.5. The van der Waals surface area contributed by atoms with Crippen LogP contribution in [0.25, 0.3) is 0 Å². The van der Waals surface area contributed by atoms with Gasteiger partial charge in [-0.2, -0.15) is 11.8 Å². The molecule has 0 aliphatic heterocycles. The number of benzene rings is 1. The Morgan fingerprint density at radius 3 is 2.81 bits per heavy atom. The fraction of sp³-hybridized carbons (Fsp3) is 0.417. The molecule has 1 N–H and O–H groups in total. The summed E-state index contributed by atoms with van der Waals surface area (Å²) >= 11 is 5.05. The van der Waals surface area contributed by atoms with E-state index in [4.69, 9.17) is 0 Å². The van der Waals surface area contributed by atoms with Crippen molar-refractivity contribution in [2.45, 2.75) is 18.6 Å². The van der Waals surface area contributed by atoms with E-state index in [0.717, 1.165) is 10.9 Å². The first-order valence-electron chi connectivity index (χ1n) is 5.19. The molecule has 0 aliphatic carbocycles. The van der Waals surface area contributed by atoms with Crippen LogP contribution in [0.5, 0.6) is 0 Å². The zero-order chi connectivity index (χ0) is 12.0. The number of carbonyl (C=O) groups excluding carboxylic acids is 1. The Kier molecular flexibility index (Phi) is 5.91. The summed E-state index contributed by atoms with van der Waals surface area (Å²) in [4.78, 5) is 11.5. The Hall–Kier alpha value is -0.480. The van der Waals surface area contributed by atoms with Crippen molar-refractivity contribution in [2.24, 2.45) is 0 Å². The number of thioether (sulfide) groups is 1.